The lowest BCUT2D eigenvalue weighted by molar-refractivity contribution is 0.690. The smallest absolute Gasteiger partial charge is 0.0483 e. The highest BCUT2D eigenvalue weighted by Gasteiger charge is 2.17. The maximum Gasteiger partial charge on any atom is 0.0483 e. The van der Waals surface area contributed by atoms with E-state index in [1.807, 2.05) is 0 Å². The molecule has 0 radical (unpaired) electrons. The van der Waals surface area contributed by atoms with E-state index in [0.717, 1.165) is 13.0 Å². The summed E-state index contributed by atoms with van der Waals surface area (Å²) in [6.07, 6.45) is 3.29. The van der Waals surface area contributed by atoms with E-state index in [2.05, 4.69) is 74.0 Å². The second-order valence-electron chi connectivity index (χ2n) is 6.52. The SMILES string of the molecule is CCn1cc(C(CN)Cc2cc(C)cc(C)c2)c2ccccc21. The third-order valence-electron chi connectivity index (χ3n) is 4.65. The van der Waals surface area contributed by atoms with Gasteiger partial charge in [0.05, 0.1) is 0 Å². The van der Waals surface area contributed by atoms with Gasteiger partial charge in [0, 0.05) is 29.6 Å². The van der Waals surface area contributed by atoms with Crippen molar-refractivity contribution in [3.05, 3.63) is 70.9 Å². The standard InChI is InChI=1S/C21H26N2/c1-4-23-14-20(19-7-5-6-8-21(19)23)18(13-22)12-17-10-15(2)9-16(3)11-17/h5-11,14,18H,4,12-13,22H2,1-3H3. The van der Waals surface area contributed by atoms with Crippen molar-refractivity contribution in [1.29, 1.82) is 0 Å². The fourth-order valence-electron chi connectivity index (χ4n) is 3.65. The van der Waals surface area contributed by atoms with Crippen molar-refractivity contribution < 1.29 is 0 Å². The summed E-state index contributed by atoms with van der Waals surface area (Å²) in [5.74, 6) is 0.355. The monoisotopic (exact) mass is 306 g/mol. The van der Waals surface area contributed by atoms with E-state index >= 15 is 0 Å². The van der Waals surface area contributed by atoms with E-state index in [0.29, 0.717) is 12.5 Å². The second-order valence-corrected chi connectivity index (χ2v) is 6.52. The Morgan fingerprint density at radius 3 is 2.39 bits per heavy atom. The molecule has 23 heavy (non-hydrogen) atoms. The Morgan fingerprint density at radius 1 is 1.04 bits per heavy atom. The van der Waals surface area contributed by atoms with E-state index in [1.165, 1.54) is 33.2 Å². The molecule has 1 atom stereocenters. The zero-order valence-electron chi connectivity index (χ0n) is 14.3. The van der Waals surface area contributed by atoms with E-state index in [-0.39, 0.29) is 0 Å². The first-order chi connectivity index (χ1) is 11.1. The van der Waals surface area contributed by atoms with Gasteiger partial charge in [0.1, 0.15) is 0 Å². The average molecular weight is 306 g/mol. The fourth-order valence-corrected chi connectivity index (χ4v) is 3.65. The van der Waals surface area contributed by atoms with E-state index < -0.39 is 0 Å². The van der Waals surface area contributed by atoms with Crippen molar-refractivity contribution in [2.45, 2.75) is 39.7 Å². The molecule has 1 unspecified atom stereocenters. The van der Waals surface area contributed by atoms with Crippen LogP contribution >= 0.6 is 0 Å². The van der Waals surface area contributed by atoms with Crippen LogP contribution in [0.25, 0.3) is 10.9 Å². The third kappa shape index (κ3) is 3.18. The third-order valence-corrected chi connectivity index (χ3v) is 4.65. The lowest BCUT2D eigenvalue weighted by Crippen LogP contribution is -2.15. The summed E-state index contributed by atoms with van der Waals surface area (Å²) in [7, 11) is 0. The number of rotatable bonds is 5. The Morgan fingerprint density at radius 2 is 1.74 bits per heavy atom. The number of hydrogen-bond acceptors (Lipinski definition) is 1. The molecule has 1 heterocycles. The zero-order valence-corrected chi connectivity index (χ0v) is 14.3. The molecule has 0 amide bonds. The average Bonchev–Trinajstić information content (AvgIpc) is 2.90. The molecule has 0 spiro atoms. The Labute approximate surface area is 138 Å². The van der Waals surface area contributed by atoms with Crippen LogP contribution in [-0.4, -0.2) is 11.1 Å². The van der Waals surface area contributed by atoms with Gasteiger partial charge in [0.25, 0.3) is 0 Å². The lowest BCUT2D eigenvalue weighted by atomic mass is 9.90. The number of fused-ring (bicyclic) bond motifs is 1. The van der Waals surface area contributed by atoms with Crippen LogP contribution in [0.1, 0.15) is 35.1 Å². The number of hydrogen-bond donors (Lipinski definition) is 1. The summed E-state index contributed by atoms with van der Waals surface area (Å²) in [5.41, 5.74) is 12.9. The first kappa shape index (κ1) is 15.8. The molecule has 2 aromatic carbocycles. The molecule has 2 nitrogen and oxygen atoms in total. The molecule has 0 fully saturated rings. The molecule has 0 aliphatic heterocycles. The van der Waals surface area contributed by atoms with Crippen LogP contribution in [0.2, 0.25) is 0 Å². The molecule has 0 aliphatic rings. The summed E-state index contributed by atoms with van der Waals surface area (Å²) in [6, 6.07) is 15.5. The first-order valence-electron chi connectivity index (χ1n) is 8.47. The molecule has 120 valence electrons. The Bertz CT molecular complexity index is 794. The van der Waals surface area contributed by atoms with Crippen LogP contribution in [0.15, 0.2) is 48.7 Å². The van der Waals surface area contributed by atoms with E-state index in [9.17, 15) is 0 Å². The van der Waals surface area contributed by atoms with Crippen LogP contribution in [0.3, 0.4) is 0 Å². The molecule has 0 saturated carbocycles. The molecule has 0 saturated heterocycles. The van der Waals surface area contributed by atoms with Gasteiger partial charge < -0.3 is 10.3 Å². The normalized spacial score (nSPS) is 12.7. The lowest BCUT2D eigenvalue weighted by Gasteiger charge is -2.15. The Kier molecular flexibility index (Phi) is 4.53. The summed E-state index contributed by atoms with van der Waals surface area (Å²) in [4.78, 5) is 0. The maximum atomic E-state index is 6.16. The highest BCUT2D eigenvalue weighted by atomic mass is 14.9. The van der Waals surface area contributed by atoms with Gasteiger partial charge in [-0.2, -0.15) is 0 Å². The van der Waals surface area contributed by atoms with Gasteiger partial charge in [-0.1, -0.05) is 47.5 Å². The van der Waals surface area contributed by atoms with Crippen molar-refractivity contribution in [2.75, 3.05) is 6.54 Å². The summed E-state index contributed by atoms with van der Waals surface area (Å²) in [5, 5.41) is 1.34. The number of nitrogens with two attached hydrogens (primary N) is 1. The van der Waals surface area contributed by atoms with E-state index in [1.54, 1.807) is 0 Å². The van der Waals surface area contributed by atoms with Gasteiger partial charge in [0.2, 0.25) is 0 Å². The molecule has 0 aliphatic carbocycles. The van der Waals surface area contributed by atoms with Crippen molar-refractivity contribution in [1.82, 2.24) is 4.57 Å². The number of benzene rings is 2. The number of aryl methyl sites for hydroxylation is 3. The van der Waals surface area contributed by atoms with Crippen LogP contribution in [-0.2, 0) is 13.0 Å². The van der Waals surface area contributed by atoms with Crippen molar-refractivity contribution in [3.63, 3.8) is 0 Å². The maximum absolute atomic E-state index is 6.16. The van der Waals surface area contributed by atoms with Gasteiger partial charge in [-0.3, -0.25) is 0 Å². The minimum atomic E-state index is 0.355. The number of para-hydroxylation sites is 1. The molecule has 3 rings (SSSR count). The number of nitrogens with zero attached hydrogens (tertiary/aromatic N) is 1. The minimum Gasteiger partial charge on any atom is -0.347 e. The largest absolute Gasteiger partial charge is 0.347 e. The van der Waals surface area contributed by atoms with Crippen molar-refractivity contribution >= 4 is 10.9 Å². The summed E-state index contributed by atoms with van der Waals surface area (Å²) >= 11 is 0. The van der Waals surface area contributed by atoms with Gasteiger partial charge in [-0.25, -0.2) is 0 Å². The molecular formula is C21H26N2. The molecule has 2 heteroatoms. The first-order valence-corrected chi connectivity index (χ1v) is 8.47. The fraction of sp³-hybridized carbons (Fsp3) is 0.333. The van der Waals surface area contributed by atoms with Crippen molar-refractivity contribution in [3.8, 4) is 0 Å². The summed E-state index contributed by atoms with van der Waals surface area (Å²) in [6.45, 7) is 8.18. The highest BCUT2D eigenvalue weighted by molar-refractivity contribution is 5.84. The minimum absolute atomic E-state index is 0.355. The van der Waals surface area contributed by atoms with E-state index in [4.69, 9.17) is 5.73 Å². The second kappa shape index (κ2) is 6.59. The Hall–Kier alpha value is -2.06. The highest BCUT2D eigenvalue weighted by Crippen LogP contribution is 2.30. The summed E-state index contributed by atoms with van der Waals surface area (Å²) < 4.78 is 2.33. The molecule has 2 N–H and O–H groups in total. The van der Waals surface area contributed by atoms with Gasteiger partial charge >= 0.3 is 0 Å². The van der Waals surface area contributed by atoms with Crippen LogP contribution in [0.4, 0.5) is 0 Å². The van der Waals surface area contributed by atoms with Gasteiger partial charge in [-0.15, -0.1) is 0 Å². The Balaban J connectivity index is 2.01. The topological polar surface area (TPSA) is 30.9 Å². The quantitative estimate of drug-likeness (QED) is 0.736. The molecule has 0 bridgehead atoms. The predicted octanol–water partition coefficient (Wildman–Crippen LogP) is 4.56. The van der Waals surface area contributed by atoms with Crippen molar-refractivity contribution in [2.24, 2.45) is 5.73 Å². The zero-order chi connectivity index (χ0) is 16.4. The van der Waals surface area contributed by atoms with Gasteiger partial charge in [0.15, 0.2) is 0 Å². The van der Waals surface area contributed by atoms with Crippen LogP contribution in [0, 0.1) is 13.8 Å². The van der Waals surface area contributed by atoms with Crippen LogP contribution < -0.4 is 5.73 Å². The molecule has 1 aromatic heterocycles. The van der Waals surface area contributed by atoms with Gasteiger partial charge in [-0.05, 0) is 50.9 Å². The number of aromatic nitrogens is 1. The predicted molar refractivity (Wildman–Crippen MR) is 99.0 cm³/mol. The van der Waals surface area contributed by atoms with Crippen LogP contribution in [0.5, 0.6) is 0 Å². The molecular weight excluding hydrogens is 280 g/mol. The molecule has 3 aromatic rings.